The maximum atomic E-state index is 12.7. The van der Waals surface area contributed by atoms with Crippen LogP contribution in [0.3, 0.4) is 0 Å². The van der Waals surface area contributed by atoms with Gasteiger partial charge in [0.15, 0.2) is 0 Å². The van der Waals surface area contributed by atoms with Crippen LogP contribution in [-0.2, 0) is 12.4 Å². The van der Waals surface area contributed by atoms with Crippen molar-refractivity contribution in [2.24, 2.45) is 9.98 Å². The van der Waals surface area contributed by atoms with E-state index in [1.54, 1.807) is 0 Å². The highest BCUT2D eigenvalue weighted by Crippen LogP contribution is 2.30. The molecular weight excluding hydrogens is 458 g/mol. The van der Waals surface area contributed by atoms with Crippen molar-refractivity contribution in [3.05, 3.63) is 95.1 Å². The van der Waals surface area contributed by atoms with E-state index in [2.05, 4.69) is 9.98 Å². The quantitative estimate of drug-likeness (QED) is 0.304. The van der Waals surface area contributed by atoms with Crippen LogP contribution in [0.15, 0.2) is 82.8 Å². The highest BCUT2D eigenvalue weighted by Gasteiger charge is 2.30. The van der Waals surface area contributed by atoms with Gasteiger partial charge in [0, 0.05) is 11.1 Å². The Balaban J connectivity index is 1.83. The van der Waals surface area contributed by atoms with E-state index in [0.29, 0.717) is 11.4 Å². The predicted molar refractivity (Wildman–Crippen MR) is 113 cm³/mol. The minimum Gasteiger partial charge on any atom is -0.237 e. The molecule has 0 fully saturated rings. The van der Waals surface area contributed by atoms with E-state index < -0.39 is 23.5 Å². The Morgan fingerprint density at radius 1 is 0.529 bits per heavy atom. The SMILES string of the molecule is N#CC(=Nc1ccc(N=C(C#N)c2ccc(C(F)(F)F)cc2)cc1)c1ccc(C(F)(F)F)cc1. The molecule has 0 aliphatic heterocycles. The van der Waals surface area contributed by atoms with Crippen LogP contribution >= 0.6 is 0 Å². The molecule has 0 aromatic heterocycles. The zero-order valence-corrected chi connectivity index (χ0v) is 17.0. The van der Waals surface area contributed by atoms with Gasteiger partial charge in [-0.3, -0.25) is 0 Å². The number of halogens is 6. The molecule has 0 aliphatic rings. The maximum absolute atomic E-state index is 12.7. The summed E-state index contributed by atoms with van der Waals surface area (Å²) in [7, 11) is 0. The number of aliphatic imine (C=N–C) groups is 2. The van der Waals surface area contributed by atoms with Gasteiger partial charge in [0.2, 0.25) is 0 Å². The summed E-state index contributed by atoms with van der Waals surface area (Å²) in [6, 6.07) is 17.6. The lowest BCUT2D eigenvalue weighted by Crippen LogP contribution is -2.05. The number of nitrogens with zero attached hydrogens (tertiary/aromatic N) is 4. The number of benzene rings is 3. The van der Waals surface area contributed by atoms with E-state index in [1.165, 1.54) is 24.3 Å². The van der Waals surface area contributed by atoms with Gasteiger partial charge in [-0.15, -0.1) is 0 Å². The molecule has 0 saturated carbocycles. The molecule has 0 saturated heterocycles. The van der Waals surface area contributed by atoms with Crippen LogP contribution in [0.1, 0.15) is 22.3 Å². The van der Waals surface area contributed by atoms with Gasteiger partial charge in [-0.05, 0) is 48.5 Å². The molecule has 170 valence electrons. The Morgan fingerprint density at radius 2 is 0.824 bits per heavy atom. The smallest absolute Gasteiger partial charge is 0.237 e. The van der Waals surface area contributed by atoms with Gasteiger partial charge < -0.3 is 0 Å². The molecule has 0 spiro atoms. The third-order valence-electron chi connectivity index (χ3n) is 4.51. The van der Waals surface area contributed by atoms with Crippen LogP contribution in [-0.4, -0.2) is 11.4 Å². The van der Waals surface area contributed by atoms with Crippen molar-refractivity contribution < 1.29 is 26.3 Å². The van der Waals surface area contributed by atoms with Gasteiger partial charge in [0.25, 0.3) is 0 Å². The first kappa shape index (κ1) is 24.2. The highest BCUT2D eigenvalue weighted by molar-refractivity contribution is 6.13. The fourth-order valence-electron chi connectivity index (χ4n) is 2.80. The van der Waals surface area contributed by atoms with Crippen molar-refractivity contribution in [1.82, 2.24) is 0 Å². The first-order valence-electron chi connectivity index (χ1n) is 9.44. The number of rotatable bonds is 4. The normalized spacial score (nSPS) is 12.7. The lowest BCUT2D eigenvalue weighted by atomic mass is 10.1. The molecule has 0 unspecified atom stereocenters. The Labute approximate surface area is 189 Å². The summed E-state index contributed by atoms with van der Waals surface area (Å²) in [6.45, 7) is 0. The van der Waals surface area contributed by atoms with Crippen molar-refractivity contribution in [3.8, 4) is 12.1 Å². The molecule has 10 heteroatoms. The summed E-state index contributed by atoms with van der Waals surface area (Å²) >= 11 is 0. The molecule has 3 rings (SSSR count). The first-order valence-corrected chi connectivity index (χ1v) is 9.44. The number of alkyl halides is 6. The number of nitriles is 2. The third-order valence-corrected chi connectivity index (χ3v) is 4.51. The van der Waals surface area contributed by atoms with E-state index in [-0.39, 0.29) is 22.6 Å². The molecule has 0 aliphatic carbocycles. The minimum atomic E-state index is -4.50. The fourth-order valence-corrected chi connectivity index (χ4v) is 2.80. The average molecular weight is 470 g/mol. The topological polar surface area (TPSA) is 72.3 Å². The monoisotopic (exact) mass is 470 g/mol. The maximum Gasteiger partial charge on any atom is 0.416 e. The zero-order valence-electron chi connectivity index (χ0n) is 17.0. The van der Waals surface area contributed by atoms with Crippen molar-refractivity contribution in [2.45, 2.75) is 12.4 Å². The molecule has 0 amide bonds. The van der Waals surface area contributed by atoms with E-state index in [4.69, 9.17) is 0 Å². The molecule has 0 bridgehead atoms. The van der Waals surface area contributed by atoms with Crippen LogP contribution in [0, 0.1) is 22.7 Å². The highest BCUT2D eigenvalue weighted by atomic mass is 19.4. The minimum absolute atomic E-state index is 0.104. The lowest BCUT2D eigenvalue weighted by Gasteiger charge is -2.07. The van der Waals surface area contributed by atoms with Crippen LogP contribution in [0.25, 0.3) is 0 Å². The third kappa shape index (κ3) is 5.87. The van der Waals surface area contributed by atoms with Gasteiger partial charge >= 0.3 is 12.4 Å². The molecule has 34 heavy (non-hydrogen) atoms. The summed E-state index contributed by atoms with van der Waals surface area (Å²) in [5.74, 6) is 0. The zero-order chi connectivity index (χ0) is 24.9. The van der Waals surface area contributed by atoms with E-state index in [1.807, 2.05) is 12.1 Å². The van der Waals surface area contributed by atoms with Crippen LogP contribution in [0.2, 0.25) is 0 Å². The van der Waals surface area contributed by atoms with E-state index >= 15 is 0 Å². The standard InChI is InChI=1S/C24H12F6N4/c25-23(26,27)17-5-1-15(2-6-17)21(13-31)33-19-9-11-20(12-10-19)34-22(14-32)16-3-7-18(8-4-16)24(28,29)30/h1-12H. The van der Waals surface area contributed by atoms with Gasteiger partial charge in [0.05, 0.1) is 22.5 Å². The summed E-state index contributed by atoms with van der Waals surface area (Å²) in [6.07, 6.45) is -9.00. The second-order valence-corrected chi connectivity index (χ2v) is 6.81. The van der Waals surface area contributed by atoms with Crippen LogP contribution in [0.4, 0.5) is 37.7 Å². The molecule has 3 aromatic carbocycles. The van der Waals surface area contributed by atoms with Gasteiger partial charge in [-0.1, -0.05) is 24.3 Å². The van der Waals surface area contributed by atoms with Crippen LogP contribution in [0.5, 0.6) is 0 Å². The van der Waals surface area contributed by atoms with Gasteiger partial charge in [-0.2, -0.15) is 36.9 Å². The lowest BCUT2D eigenvalue weighted by molar-refractivity contribution is -0.138. The van der Waals surface area contributed by atoms with Crippen molar-refractivity contribution in [2.75, 3.05) is 0 Å². The molecule has 0 heterocycles. The molecule has 4 nitrogen and oxygen atoms in total. The largest absolute Gasteiger partial charge is 0.416 e. The van der Waals surface area contributed by atoms with Crippen LogP contribution < -0.4 is 0 Å². The summed E-state index contributed by atoms with van der Waals surface area (Å²) in [4.78, 5) is 8.25. The second kappa shape index (κ2) is 9.59. The predicted octanol–water partition coefficient (Wildman–Crippen LogP) is 7.01. The van der Waals surface area contributed by atoms with Gasteiger partial charge in [-0.25, -0.2) is 9.98 Å². The molecule has 3 aromatic rings. The number of hydrogen-bond donors (Lipinski definition) is 0. The van der Waals surface area contributed by atoms with Gasteiger partial charge in [0.1, 0.15) is 23.6 Å². The van der Waals surface area contributed by atoms with Crippen molar-refractivity contribution in [3.63, 3.8) is 0 Å². The Hall–Kier alpha value is -4.44. The summed E-state index contributed by atoms with van der Waals surface area (Å²) in [5.41, 5.74) is -0.890. The van der Waals surface area contributed by atoms with E-state index in [0.717, 1.165) is 48.5 Å². The molecule has 0 radical (unpaired) electrons. The molecule has 0 N–H and O–H groups in total. The Kier molecular flexibility index (Phi) is 6.83. The number of hydrogen-bond acceptors (Lipinski definition) is 4. The molecular formula is C24H12F6N4. The average Bonchev–Trinajstić information content (AvgIpc) is 2.81. The van der Waals surface area contributed by atoms with Crippen molar-refractivity contribution >= 4 is 22.8 Å². The summed E-state index contributed by atoms with van der Waals surface area (Å²) in [5, 5.41) is 18.7. The van der Waals surface area contributed by atoms with Crippen molar-refractivity contribution in [1.29, 1.82) is 10.5 Å². The molecule has 0 atom stereocenters. The second-order valence-electron chi connectivity index (χ2n) is 6.81. The first-order chi connectivity index (χ1) is 16.0. The Bertz CT molecular complexity index is 1200. The van der Waals surface area contributed by atoms with E-state index in [9.17, 15) is 36.9 Å². The fraction of sp³-hybridized carbons (Fsp3) is 0.0833. The summed E-state index contributed by atoms with van der Waals surface area (Å²) < 4.78 is 76.2. The Morgan fingerprint density at radius 3 is 1.06 bits per heavy atom.